The average molecular weight is 311 g/mol. The van der Waals surface area contributed by atoms with Crippen LogP contribution in [0.15, 0.2) is 42.6 Å². The zero-order valence-electron chi connectivity index (χ0n) is 12.5. The molecule has 7 heteroatoms. The van der Waals surface area contributed by atoms with Crippen molar-refractivity contribution in [3.05, 3.63) is 59.3 Å². The number of pyridine rings is 1. The Hall–Kier alpha value is -3.22. The molecule has 0 saturated heterocycles. The third-order valence-corrected chi connectivity index (χ3v) is 3.37. The van der Waals surface area contributed by atoms with Gasteiger partial charge in [-0.25, -0.2) is 9.78 Å². The number of nitrogens with zero attached hydrogens (tertiary/aromatic N) is 3. The summed E-state index contributed by atoms with van der Waals surface area (Å²) in [5, 5.41) is 0.479. The van der Waals surface area contributed by atoms with Crippen molar-refractivity contribution in [1.29, 1.82) is 0 Å². The maximum atomic E-state index is 12.1. The monoisotopic (exact) mass is 311 g/mol. The van der Waals surface area contributed by atoms with E-state index in [2.05, 4.69) is 4.98 Å². The Morgan fingerprint density at radius 2 is 1.65 bits per heavy atom. The van der Waals surface area contributed by atoms with Crippen molar-refractivity contribution in [1.82, 2.24) is 10.0 Å². The van der Waals surface area contributed by atoms with E-state index in [0.717, 1.165) is 0 Å². The van der Waals surface area contributed by atoms with Gasteiger partial charge in [0.2, 0.25) is 0 Å². The van der Waals surface area contributed by atoms with E-state index in [-0.39, 0.29) is 16.7 Å². The highest BCUT2D eigenvalue weighted by molar-refractivity contribution is 6.21. The SMILES string of the molecule is CN(C)c1ccc(C(=O)ON2C(=O)c3ccccc3C2=O)cn1. The molecule has 0 bridgehead atoms. The lowest BCUT2D eigenvalue weighted by Gasteiger charge is -2.13. The van der Waals surface area contributed by atoms with E-state index < -0.39 is 17.8 Å². The summed E-state index contributed by atoms with van der Waals surface area (Å²) in [6, 6.07) is 9.45. The number of anilines is 1. The van der Waals surface area contributed by atoms with Crippen molar-refractivity contribution in [2.24, 2.45) is 0 Å². The number of amides is 2. The second-order valence-electron chi connectivity index (χ2n) is 5.13. The third-order valence-electron chi connectivity index (χ3n) is 3.37. The standard InChI is InChI=1S/C16H13N3O4/c1-18(2)13-8-7-10(9-17-13)16(22)23-19-14(20)11-5-3-4-6-12(11)15(19)21/h3-9H,1-2H3. The first-order chi connectivity index (χ1) is 11.0. The van der Waals surface area contributed by atoms with Crippen LogP contribution < -0.4 is 4.90 Å². The van der Waals surface area contributed by atoms with Crippen LogP contribution in [0.1, 0.15) is 31.1 Å². The van der Waals surface area contributed by atoms with E-state index in [1.54, 1.807) is 23.1 Å². The first-order valence-electron chi connectivity index (χ1n) is 6.82. The molecule has 0 radical (unpaired) electrons. The van der Waals surface area contributed by atoms with E-state index in [1.807, 2.05) is 14.1 Å². The van der Waals surface area contributed by atoms with Crippen LogP contribution in [0.4, 0.5) is 5.82 Å². The third kappa shape index (κ3) is 2.52. The topological polar surface area (TPSA) is 79.8 Å². The summed E-state index contributed by atoms with van der Waals surface area (Å²) < 4.78 is 0. The lowest BCUT2D eigenvalue weighted by atomic mass is 10.1. The minimum Gasteiger partial charge on any atom is -0.363 e. The van der Waals surface area contributed by atoms with E-state index in [9.17, 15) is 14.4 Å². The Morgan fingerprint density at radius 1 is 1.04 bits per heavy atom. The predicted octanol–water partition coefficient (Wildman–Crippen LogP) is 1.52. The highest BCUT2D eigenvalue weighted by Gasteiger charge is 2.38. The normalized spacial score (nSPS) is 13.0. The van der Waals surface area contributed by atoms with Crippen LogP contribution in [0, 0.1) is 0 Å². The summed E-state index contributed by atoms with van der Waals surface area (Å²) >= 11 is 0. The van der Waals surface area contributed by atoms with Gasteiger partial charge >= 0.3 is 5.97 Å². The number of carbonyl (C=O) groups excluding carboxylic acids is 3. The summed E-state index contributed by atoms with van der Waals surface area (Å²) in [4.78, 5) is 47.2. The molecule has 1 aliphatic rings. The lowest BCUT2D eigenvalue weighted by molar-refractivity contribution is -0.0584. The Bertz CT molecular complexity index is 764. The fourth-order valence-corrected chi connectivity index (χ4v) is 2.16. The van der Waals surface area contributed by atoms with Gasteiger partial charge in [0.05, 0.1) is 16.7 Å². The molecule has 0 fully saturated rings. The highest BCUT2D eigenvalue weighted by atomic mass is 16.7. The molecule has 0 N–H and O–H groups in total. The van der Waals surface area contributed by atoms with Gasteiger partial charge in [0.15, 0.2) is 0 Å². The molecule has 0 saturated carbocycles. The van der Waals surface area contributed by atoms with Crippen molar-refractivity contribution in [2.75, 3.05) is 19.0 Å². The van der Waals surface area contributed by atoms with Gasteiger partial charge in [-0.15, -0.1) is 0 Å². The van der Waals surface area contributed by atoms with E-state index >= 15 is 0 Å². The van der Waals surface area contributed by atoms with Gasteiger partial charge in [0.1, 0.15) is 5.82 Å². The summed E-state index contributed by atoms with van der Waals surface area (Å²) in [7, 11) is 3.64. The van der Waals surface area contributed by atoms with Crippen molar-refractivity contribution in [3.63, 3.8) is 0 Å². The van der Waals surface area contributed by atoms with Gasteiger partial charge in [0.25, 0.3) is 11.8 Å². The van der Waals surface area contributed by atoms with Gasteiger partial charge < -0.3 is 9.74 Å². The summed E-state index contributed by atoms with van der Waals surface area (Å²) in [5.41, 5.74) is 0.574. The summed E-state index contributed by atoms with van der Waals surface area (Å²) in [5.74, 6) is -1.46. The Balaban J connectivity index is 1.79. The molecule has 0 unspecified atom stereocenters. The quantitative estimate of drug-likeness (QED) is 0.800. The minimum atomic E-state index is -0.822. The molecule has 116 valence electrons. The second kappa shape index (κ2) is 5.53. The Labute approximate surface area is 132 Å². The number of imide groups is 1. The molecule has 2 aromatic rings. The van der Waals surface area contributed by atoms with Gasteiger partial charge in [-0.3, -0.25) is 9.59 Å². The van der Waals surface area contributed by atoms with Gasteiger partial charge in [-0.2, -0.15) is 0 Å². The largest absolute Gasteiger partial charge is 0.365 e. The van der Waals surface area contributed by atoms with E-state index in [1.165, 1.54) is 24.4 Å². The molecule has 23 heavy (non-hydrogen) atoms. The molecule has 0 aliphatic carbocycles. The molecule has 0 atom stereocenters. The molecule has 2 heterocycles. The van der Waals surface area contributed by atoms with Crippen molar-refractivity contribution >= 4 is 23.6 Å². The van der Waals surface area contributed by atoms with Crippen LogP contribution >= 0.6 is 0 Å². The van der Waals surface area contributed by atoms with Crippen molar-refractivity contribution in [2.45, 2.75) is 0 Å². The maximum Gasteiger partial charge on any atom is 0.365 e. The smallest absolute Gasteiger partial charge is 0.363 e. The van der Waals surface area contributed by atoms with Crippen LogP contribution in [0.5, 0.6) is 0 Å². The second-order valence-corrected chi connectivity index (χ2v) is 5.13. The first-order valence-corrected chi connectivity index (χ1v) is 6.82. The molecule has 1 aliphatic heterocycles. The zero-order valence-corrected chi connectivity index (χ0v) is 12.5. The Morgan fingerprint density at radius 3 is 2.13 bits per heavy atom. The predicted molar refractivity (Wildman–Crippen MR) is 80.9 cm³/mol. The number of hydroxylamine groups is 2. The molecule has 1 aromatic heterocycles. The van der Waals surface area contributed by atoms with Crippen LogP contribution in [0.3, 0.4) is 0 Å². The molecule has 2 amide bonds. The van der Waals surface area contributed by atoms with Crippen LogP contribution in [0.2, 0.25) is 0 Å². The fourth-order valence-electron chi connectivity index (χ4n) is 2.16. The van der Waals surface area contributed by atoms with Crippen molar-refractivity contribution < 1.29 is 19.2 Å². The molecule has 0 spiro atoms. The first kappa shape index (κ1) is 14.7. The fraction of sp³-hybridized carbons (Fsp3) is 0.125. The van der Waals surface area contributed by atoms with Gasteiger partial charge in [-0.1, -0.05) is 17.2 Å². The van der Waals surface area contributed by atoms with Crippen LogP contribution in [-0.4, -0.2) is 41.9 Å². The van der Waals surface area contributed by atoms with Crippen LogP contribution in [0.25, 0.3) is 0 Å². The number of hydrogen-bond donors (Lipinski definition) is 0. The van der Waals surface area contributed by atoms with Gasteiger partial charge in [-0.05, 0) is 24.3 Å². The van der Waals surface area contributed by atoms with Crippen LogP contribution in [-0.2, 0) is 4.84 Å². The molecular weight excluding hydrogens is 298 g/mol. The number of fused-ring (bicyclic) bond motifs is 1. The number of carbonyl (C=O) groups is 3. The van der Waals surface area contributed by atoms with Gasteiger partial charge in [0, 0.05) is 20.3 Å². The average Bonchev–Trinajstić information content (AvgIpc) is 2.80. The maximum absolute atomic E-state index is 12.1. The molecule has 1 aromatic carbocycles. The molecular formula is C16H13N3O4. The highest BCUT2D eigenvalue weighted by Crippen LogP contribution is 2.23. The Kier molecular flexibility index (Phi) is 3.53. The molecule has 7 nitrogen and oxygen atoms in total. The van der Waals surface area contributed by atoms with E-state index in [4.69, 9.17) is 4.84 Å². The van der Waals surface area contributed by atoms with Crippen molar-refractivity contribution in [3.8, 4) is 0 Å². The van der Waals surface area contributed by atoms with E-state index in [0.29, 0.717) is 10.9 Å². The number of rotatable bonds is 3. The summed E-state index contributed by atoms with van der Waals surface area (Å²) in [6.07, 6.45) is 1.33. The number of aromatic nitrogens is 1. The minimum absolute atomic E-state index is 0.146. The number of hydrogen-bond acceptors (Lipinski definition) is 6. The molecule has 3 rings (SSSR count). The lowest BCUT2D eigenvalue weighted by Crippen LogP contribution is -2.32. The zero-order chi connectivity index (χ0) is 16.6. The summed E-state index contributed by atoms with van der Waals surface area (Å²) in [6.45, 7) is 0. The number of benzene rings is 1.